The number of fused-ring (bicyclic) bond motifs is 1. The molecule has 2 aromatic heterocycles. The van der Waals surface area contributed by atoms with Gasteiger partial charge in [0.25, 0.3) is 0 Å². The van der Waals surface area contributed by atoms with Crippen LogP contribution in [-0.4, -0.2) is 28.3 Å². The summed E-state index contributed by atoms with van der Waals surface area (Å²) in [7, 11) is 0. The van der Waals surface area contributed by atoms with Gasteiger partial charge in [-0.1, -0.05) is 36.1 Å². The smallest absolute Gasteiger partial charge is 0.408 e. The number of halogens is 6. The maximum absolute atomic E-state index is 13.6. The Hall–Kier alpha value is -3.83. The van der Waals surface area contributed by atoms with Crippen molar-refractivity contribution < 1.29 is 30.8 Å². The highest BCUT2D eigenvalue weighted by molar-refractivity contribution is 5.82. The summed E-state index contributed by atoms with van der Waals surface area (Å²) in [4.78, 5) is 8.67. The molecule has 6 nitrogen and oxygen atoms in total. The Morgan fingerprint density at radius 2 is 1.52 bits per heavy atom. The quantitative estimate of drug-likeness (QED) is 0.183. The van der Waals surface area contributed by atoms with Gasteiger partial charge in [0.15, 0.2) is 0 Å². The van der Waals surface area contributed by atoms with Crippen molar-refractivity contribution in [1.82, 2.24) is 15.2 Å². The number of anilines is 2. The van der Waals surface area contributed by atoms with Gasteiger partial charge in [0, 0.05) is 37.5 Å². The van der Waals surface area contributed by atoms with Crippen LogP contribution in [0.15, 0.2) is 52.9 Å². The molecule has 0 amide bonds. The molecular weight excluding hydrogens is 560 g/mol. The molecule has 1 aliphatic carbocycles. The summed E-state index contributed by atoms with van der Waals surface area (Å²) >= 11 is 0. The third-order valence-corrected chi connectivity index (χ3v) is 7.58. The van der Waals surface area contributed by atoms with E-state index in [4.69, 9.17) is 9.40 Å². The molecule has 12 heteroatoms. The van der Waals surface area contributed by atoms with E-state index >= 15 is 0 Å². The second-order valence-corrected chi connectivity index (χ2v) is 10.7. The monoisotopic (exact) mass is 591 g/mol. The highest BCUT2D eigenvalue weighted by Crippen LogP contribution is 2.37. The van der Waals surface area contributed by atoms with Crippen molar-refractivity contribution in [2.45, 2.75) is 65.0 Å². The van der Waals surface area contributed by atoms with Crippen LogP contribution in [0.1, 0.15) is 60.8 Å². The van der Waals surface area contributed by atoms with E-state index in [2.05, 4.69) is 15.1 Å². The molecule has 0 N–H and O–H groups in total. The van der Waals surface area contributed by atoms with E-state index in [1.807, 2.05) is 37.3 Å². The Morgan fingerprint density at radius 3 is 2.12 bits per heavy atom. The van der Waals surface area contributed by atoms with Gasteiger partial charge in [0.2, 0.25) is 5.89 Å². The third kappa shape index (κ3) is 6.79. The number of para-hydroxylation sites is 1. The summed E-state index contributed by atoms with van der Waals surface area (Å²) < 4.78 is 87.3. The molecule has 2 aromatic carbocycles. The average molecular weight is 592 g/mol. The van der Waals surface area contributed by atoms with Crippen molar-refractivity contribution in [2.75, 3.05) is 22.9 Å². The van der Waals surface area contributed by atoms with Crippen molar-refractivity contribution in [2.24, 2.45) is 5.92 Å². The largest absolute Gasteiger partial charge is 0.416 e. The van der Waals surface area contributed by atoms with Gasteiger partial charge in [-0.15, -0.1) is 5.10 Å². The first-order valence-corrected chi connectivity index (χ1v) is 13.9. The van der Waals surface area contributed by atoms with Gasteiger partial charge < -0.3 is 14.2 Å². The number of aryl methyl sites for hydroxylation is 1. The molecule has 224 valence electrons. The molecule has 0 radical (unpaired) electrons. The lowest BCUT2D eigenvalue weighted by molar-refractivity contribution is -0.143. The summed E-state index contributed by atoms with van der Waals surface area (Å²) in [6.07, 6.45) is -5.30. The summed E-state index contributed by atoms with van der Waals surface area (Å²) in [5.41, 5.74) is -1.42. The van der Waals surface area contributed by atoms with Gasteiger partial charge in [-0.25, -0.2) is 4.98 Å². The van der Waals surface area contributed by atoms with E-state index in [0.29, 0.717) is 18.3 Å². The number of alkyl halides is 6. The zero-order chi connectivity index (χ0) is 30.1. The fourth-order valence-corrected chi connectivity index (χ4v) is 5.55. The first kappa shape index (κ1) is 29.7. The molecule has 0 unspecified atom stereocenters. The van der Waals surface area contributed by atoms with Gasteiger partial charge in [-0.05, 0) is 61.6 Å². The molecule has 0 saturated heterocycles. The lowest BCUT2D eigenvalue weighted by Crippen LogP contribution is -2.31. The van der Waals surface area contributed by atoms with Crippen molar-refractivity contribution in [1.29, 1.82) is 0 Å². The molecular formula is C30H31F6N5O. The Labute approximate surface area is 239 Å². The number of nitrogens with zero attached hydrogens (tertiary/aromatic N) is 5. The minimum Gasteiger partial charge on any atom is -0.408 e. The molecule has 4 aromatic rings. The third-order valence-electron chi connectivity index (χ3n) is 7.58. The zero-order valence-corrected chi connectivity index (χ0v) is 23.3. The Bertz CT molecular complexity index is 1490. The number of aromatic nitrogens is 3. The molecule has 42 heavy (non-hydrogen) atoms. The lowest BCUT2D eigenvalue weighted by Gasteiger charge is -2.29. The summed E-state index contributed by atoms with van der Waals surface area (Å²) in [6.45, 7) is 4.80. The fourth-order valence-electron chi connectivity index (χ4n) is 5.55. The van der Waals surface area contributed by atoms with E-state index in [0.717, 1.165) is 48.0 Å². The second-order valence-electron chi connectivity index (χ2n) is 10.7. The molecule has 2 heterocycles. The van der Waals surface area contributed by atoms with Gasteiger partial charge in [0.05, 0.1) is 23.2 Å². The second kappa shape index (κ2) is 11.8. The maximum atomic E-state index is 13.6. The minimum atomic E-state index is -4.96. The first-order chi connectivity index (χ1) is 19.9. The molecule has 1 saturated carbocycles. The Morgan fingerprint density at radius 1 is 0.857 bits per heavy atom. The predicted octanol–water partition coefficient (Wildman–Crippen LogP) is 8.19. The van der Waals surface area contributed by atoms with Crippen LogP contribution >= 0.6 is 0 Å². The molecule has 5 rings (SSSR count). The highest BCUT2D eigenvalue weighted by Gasteiger charge is 2.37. The van der Waals surface area contributed by atoms with Crippen LogP contribution in [0.3, 0.4) is 0 Å². The Kier molecular flexibility index (Phi) is 8.34. The van der Waals surface area contributed by atoms with Gasteiger partial charge in [-0.2, -0.15) is 26.3 Å². The normalized spacial score (nSPS) is 14.6. The number of hydrogen-bond donors (Lipinski definition) is 0. The Balaban J connectivity index is 1.57. The van der Waals surface area contributed by atoms with Crippen LogP contribution < -0.4 is 9.80 Å². The number of rotatable bonds is 9. The van der Waals surface area contributed by atoms with E-state index in [-0.39, 0.29) is 36.6 Å². The van der Waals surface area contributed by atoms with E-state index in [9.17, 15) is 26.3 Å². The average Bonchev–Trinajstić information content (AvgIpc) is 3.61. The van der Waals surface area contributed by atoms with Crippen LogP contribution in [-0.2, 0) is 25.4 Å². The maximum Gasteiger partial charge on any atom is 0.416 e. The number of hydrogen-bond acceptors (Lipinski definition) is 6. The van der Waals surface area contributed by atoms with Crippen molar-refractivity contribution in [3.8, 4) is 0 Å². The van der Waals surface area contributed by atoms with E-state index < -0.39 is 23.5 Å². The van der Waals surface area contributed by atoms with Crippen LogP contribution in [0.5, 0.6) is 0 Å². The topological polar surface area (TPSA) is 58.3 Å². The molecule has 0 aliphatic heterocycles. The van der Waals surface area contributed by atoms with Crippen LogP contribution in [0.2, 0.25) is 0 Å². The van der Waals surface area contributed by atoms with Gasteiger partial charge in [-0.3, -0.25) is 0 Å². The van der Waals surface area contributed by atoms with E-state index in [1.165, 1.54) is 17.7 Å². The zero-order valence-electron chi connectivity index (χ0n) is 23.3. The van der Waals surface area contributed by atoms with Gasteiger partial charge >= 0.3 is 18.4 Å². The molecule has 0 bridgehead atoms. The van der Waals surface area contributed by atoms with Crippen LogP contribution in [0, 0.1) is 12.8 Å². The molecule has 1 fully saturated rings. The molecule has 0 atom stereocenters. The minimum absolute atomic E-state index is 0.0172. The summed E-state index contributed by atoms with van der Waals surface area (Å²) in [5, 5.41) is 8.76. The predicted molar refractivity (Wildman–Crippen MR) is 147 cm³/mol. The number of pyridine rings is 1. The SMILES string of the molecule is CCN(CC1CCCC1)c1nc2ccccc2cc1CN(Cc1cc(C(F)(F)F)cc(C(F)(F)F)c1)c1nnc(C)o1. The van der Waals surface area contributed by atoms with Crippen molar-refractivity contribution >= 4 is 22.7 Å². The fraction of sp³-hybridized carbons (Fsp3) is 0.433. The van der Waals surface area contributed by atoms with Gasteiger partial charge in [0.1, 0.15) is 5.82 Å². The van der Waals surface area contributed by atoms with Crippen molar-refractivity contribution in [3.63, 3.8) is 0 Å². The highest BCUT2D eigenvalue weighted by atomic mass is 19.4. The van der Waals surface area contributed by atoms with E-state index in [1.54, 1.807) is 6.92 Å². The number of benzene rings is 2. The lowest BCUT2D eigenvalue weighted by atomic mass is 10.0. The van der Waals surface area contributed by atoms with Crippen molar-refractivity contribution in [3.05, 3.63) is 76.7 Å². The van der Waals surface area contributed by atoms with Crippen LogP contribution in [0.25, 0.3) is 10.9 Å². The summed E-state index contributed by atoms with van der Waals surface area (Å²) in [6, 6.07) is 11.1. The standard InChI is InChI=1S/C30H31F6N5O/c1-3-40(16-20-8-4-5-9-20)27-23(14-22-10-6-7-11-26(22)37-27)18-41(28-39-38-19(2)42-28)17-21-12-24(29(31,32)33)15-25(13-21)30(34,35)36/h6-7,10-15,20H,3-5,8-9,16-18H2,1-2H3. The first-order valence-electron chi connectivity index (χ1n) is 13.9. The molecule has 0 spiro atoms. The summed E-state index contributed by atoms with van der Waals surface area (Å²) in [5.74, 6) is 1.44. The molecule has 1 aliphatic rings. The van der Waals surface area contributed by atoms with Crippen LogP contribution in [0.4, 0.5) is 38.2 Å².